The van der Waals surface area contributed by atoms with Crippen molar-refractivity contribution in [2.75, 3.05) is 0 Å². The molecule has 0 aliphatic heterocycles. The number of aryl methyl sites for hydroxylation is 1. The smallest absolute Gasteiger partial charge is 0.344 e. The van der Waals surface area contributed by atoms with E-state index in [0.29, 0.717) is 5.69 Å². The molecule has 0 radical (unpaired) electrons. The number of amides is 1. The Morgan fingerprint density at radius 1 is 0.909 bits per heavy atom. The molecule has 1 amide bonds. The third kappa shape index (κ3) is 4.67. The Labute approximate surface area is 191 Å². The molecule has 0 spiro atoms. The van der Waals surface area contributed by atoms with E-state index in [2.05, 4.69) is 10.4 Å². The molecule has 3 aromatic carbocycles. The fourth-order valence-corrected chi connectivity index (χ4v) is 3.58. The minimum Gasteiger partial charge on any atom is -0.344 e. The minimum atomic E-state index is -0.729. The van der Waals surface area contributed by atoms with E-state index in [1.54, 1.807) is 24.3 Å². The second-order valence-corrected chi connectivity index (χ2v) is 7.80. The molecule has 0 saturated heterocycles. The number of para-hydroxylation sites is 1. The highest BCUT2D eigenvalue weighted by molar-refractivity contribution is 5.92. The molecule has 1 heterocycles. The lowest BCUT2D eigenvalue weighted by Crippen LogP contribution is -2.46. The van der Waals surface area contributed by atoms with E-state index in [-0.39, 0.29) is 18.3 Å². The summed E-state index contributed by atoms with van der Waals surface area (Å²) in [5.74, 6) is -0.639. The first kappa shape index (κ1) is 22.0. The van der Waals surface area contributed by atoms with Crippen molar-refractivity contribution in [3.63, 3.8) is 0 Å². The van der Waals surface area contributed by atoms with Gasteiger partial charge in [-0.05, 0) is 42.7 Å². The van der Waals surface area contributed by atoms with E-state index in [1.165, 1.54) is 0 Å². The van der Waals surface area contributed by atoms with Crippen LogP contribution in [0.4, 0.5) is 0 Å². The van der Waals surface area contributed by atoms with Crippen LogP contribution in [0.25, 0.3) is 5.69 Å². The zero-order valence-electron chi connectivity index (χ0n) is 18.4. The highest BCUT2D eigenvalue weighted by atomic mass is 16.2. The van der Waals surface area contributed by atoms with Crippen LogP contribution in [0.2, 0.25) is 0 Å². The highest BCUT2D eigenvalue weighted by Gasteiger charge is 2.22. The summed E-state index contributed by atoms with van der Waals surface area (Å²) in [5.41, 5.74) is 1.43. The number of carbonyl (C=O) groups excluding carboxylic acids is 1. The Hall–Kier alpha value is -4.26. The second-order valence-electron chi connectivity index (χ2n) is 7.80. The summed E-state index contributed by atoms with van der Waals surface area (Å²) >= 11 is 0. The van der Waals surface area contributed by atoms with Gasteiger partial charge in [-0.25, -0.2) is 4.79 Å². The molecule has 0 aliphatic carbocycles. The van der Waals surface area contributed by atoms with Crippen molar-refractivity contribution in [1.82, 2.24) is 19.7 Å². The van der Waals surface area contributed by atoms with Crippen LogP contribution in [0.15, 0.2) is 94.5 Å². The van der Waals surface area contributed by atoms with E-state index in [9.17, 15) is 14.4 Å². The van der Waals surface area contributed by atoms with Gasteiger partial charge in [-0.3, -0.25) is 14.2 Å². The molecule has 0 fully saturated rings. The molecule has 0 bridgehead atoms. The molecule has 166 valence electrons. The third-order valence-corrected chi connectivity index (χ3v) is 5.51. The lowest BCUT2D eigenvalue weighted by Gasteiger charge is -2.16. The van der Waals surface area contributed by atoms with E-state index in [4.69, 9.17) is 0 Å². The molecule has 4 rings (SSSR count). The maximum Gasteiger partial charge on any atom is 0.352 e. The summed E-state index contributed by atoms with van der Waals surface area (Å²) in [5, 5.41) is 7.00. The summed E-state index contributed by atoms with van der Waals surface area (Å²) in [4.78, 5) is 39.6. The number of rotatable bonds is 6. The van der Waals surface area contributed by atoms with Crippen molar-refractivity contribution in [3.8, 4) is 5.69 Å². The lowest BCUT2D eigenvalue weighted by atomic mass is 10.1. The van der Waals surface area contributed by atoms with Gasteiger partial charge >= 0.3 is 5.69 Å². The quantitative estimate of drug-likeness (QED) is 0.499. The van der Waals surface area contributed by atoms with Gasteiger partial charge in [0.25, 0.3) is 11.5 Å². The summed E-state index contributed by atoms with van der Waals surface area (Å²) in [6.07, 6.45) is 0. The monoisotopic (exact) mass is 440 g/mol. The molecule has 0 saturated carbocycles. The fourth-order valence-electron chi connectivity index (χ4n) is 3.58. The van der Waals surface area contributed by atoms with Crippen LogP contribution < -0.4 is 16.6 Å². The summed E-state index contributed by atoms with van der Waals surface area (Å²) in [6, 6.07) is 25.3. The first-order valence-corrected chi connectivity index (χ1v) is 10.7. The predicted octanol–water partition coefficient (Wildman–Crippen LogP) is 3.24. The molecule has 7 nitrogen and oxygen atoms in total. The zero-order valence-corrected chi connectivity index (χ0v) is 18.4. The Morgan fingerprint density at radius 2 is 1.52 bits per heavy atom. The van der Waals surface area contributed by atoms with Crippen LogP contribution in [0.5, 0.6) is 0 Å². The van der Waals surface area contributed by atoms with E-state index in [0.717, 1.165) is 25.9 Å². The van der Waals surface area contributed by atoms with E-state index in [1.807, 2.05) is 74.5 Å². The van der Waals surface area contributed by atoms with Crippen molar-refractivity contribution in [2.45, 2.75) is 26.4 Å². The number of benzene rings is 3. The Morgan fingerprint density at radius 3 is 2.18 bits per heavy atom. The standard InChI is InChI=1S/C26H24N4O3/c1-18-11-9-10-14-21(18)17-29-25(32)23(24(31)27-19(2)20-12-5-3-6-13-20)28-30(26(29)33)22-15-7-4-8-16-22/h3-16,19H,17H2,1-2H3,(H,27,31)/t19-/m0/s1. The second kappa shape index (κ2) is 9.48. The molecular formula is C26H24N4O3. The lowest BCUT2D eigenvalue weighted by molar-refractivity contribution is 0.0930. The topological polar surface area (TPSA) is 86.0 Å². The van der Waals surface area contributed by atoms with Crippen molar-refractivity contribution in [2.24, 2.45) is 0 Å². The average Bonchev–Trinajstić information content (AvgIpc) is 2.84. The summed E-state index contributed by atoms with van der Waals surface area (Å²) in [7, 11) is 0. The Kier molecular flexibility index (Phi) is 6.31. The van der Waals surface area contributed by atoms with Crippen molar-refractivity contribution >= 4 is 5.91 Å². The van der Waals surface area contributed by atoms with Gasteiger partial charge in [0.15, 0.2) is 0 Å². The van der Waals surface area contributed by atoms with Crippen LogP contribution >= 0.6 is 0 Å². The van der Waals surface area contributed by atoms with Gasteiger partial charge in [-0.2, -0.15) is 9.78 Å². The van der Waals surface area contributed by atoms with Crippen LogP contribution in [-0.2, 0) is 6.54 Å². The van der Waals surface area contributed by atoms with Crippen LogP contribution in [0.1, 0.15) is 40.1 Å². The molecule has 1 aromatic heterocycles. The molecule has 1 N–H and O–H groups in total. The van der Waals surface area contributed by atoms with Crippen molar-refractivity contribution in [1.29, 1.82) is 0 Å². The third-order valence-electron chi connectivity index (χ3n) is 5.51. The first-order chi connectivity index (χ1) is 16.0. The molecular weight excluding hydrogens is 416 g/mol. The Balaban J connectivity index is 1.81. The van der Waals surface area contributed by atoms with Gasteiger partial charge in [-0.1, -0.05) is 72.8 Å². The number of aromatic nitrogens is 3. The number of hydrogen-bond donors (Lipinski definition) is 1. The molecule has 33 heavy (non-hydrogen) atoms. The van der Waals surface area contributed by atoms with Crippen LogP contribution in [0, 0.1) is 6.92 Å². The van der Waals surface area contributed by atoms with Crippen LogP contribution in [-0.4, -0.2) is 20.3 Å². The minimum absolute atomic E-state index is 0.0359. The normalized spacial score (nSPS) is 11.7. The van der Waals surface area contributed by atoms with Crippen molar-refractivity contribution in [3.05, 3.63) is 128 Å². The fraction of sp³-hybridized carbons (Fsp3) is 0.154. The molecule has 0 aliphatic rings. The zero-order chi connectivity index (χ0) is 23.4. The summed E-state index contributed by atoms with van der Waals surface area (Å²) < 4.78 is 2.16. The van der Waals surface area contributed by atoms with Gasteiger partial charge in [0, 0.05) is 0 Å². The number of hydrogen-bond acceptors (Lipinski definition) is 4. The maximum absolute atomic E-state index is 13.3. The number of carbonyl (C=O) groups is 1. The average molecular weight is 441 g/mol. The van der Waals surface area contributed by atoms with Gasteiger partial charge in [0.1, 0.15) is 0 Å². The molecule has 1 atom stereocenters. The van der Waals surface area contributed by atoms with E-state index < -0.39 is 17.2 Å². The first-order valence-electron chi connectivity index (χ1n) is 10.7. The summed E-state index contributed by atoms with van der Waals surface area (Å²) in [6.45, 7) is 3.77. The van der Waals surface area contributed by atoms with Gasteiger partial charge in [0.05, 0.1) is 18.3 Å². The van der Waals surface area contributed by atoms with Gasteiger partial charge in [0.2, 0.25) is 5.69 Å². The van der Waals surface area contributed by atoms with Crippen molar-refractivity contribution < 1.29 is 4.79 Å². The SMILES string of the molecule is Cc1ccccc1Cn1c(=O)c(C(=O)N[C@@H](C)c2ccccc2)nn(-c2ccccc2)c1=O. The highest BCUT2D eigenvalue weighted by Crippen LogP contribution is 2.12. The van der Waals surface area contributed by atoms with E-state index >= 15 is 0 Å². The molecule has 7 heteroatoms. The number of nitrogens with one attached hydrogen (secondary N) is 1. The predicted molar refractivity (Wildman–Crippen MR) is 127 cm³/mol. The molecule has 4 aromatic rings. The number of nitrogens with zero attached hydrogens (tertiary/aromatic N) is 3. The van der Waals surface area contributed by atoms with Gasteiger partial charge in [-0.15, -0.1) is 0 Å². The molecule has 0 unspecified atom stereocenters. The van der Waals surface area contributed by atoms with Crippen LogP contribution in [0.3, 0.4) is 0 Å². The van der Waals surface area contributed by atoms with Gasteiger partial charge < -0.3 is 5.32 Å². The Bertz CT molecular complexity index is 1390. The maximum atomic E-state index is 13.3. The largest absolute Gasteiger partial charge is 0.352 e.